The summed E-state index contributed by atoms with van der Waals surface area (Å²) in [6.07, 6.45) is 1.94. The van der Waals surface area contributed by atoms with Gasteiger partial charge in [0.1, 0.15) is 12.6 Å². The summed E-state index contributed by atoms with van der Waals surface area (Å²) < 4.78 is 29.6. The maximum atomic E-state index is 14.6. The van der Waals surface area contributed by atoms with Crippen LogP contribution in [0.4, 0.5) is 5.69 Å². The molecule has 47 heavy (non-hydrogen) atoms. The van der Waals surface area contributed by atoms with Crippen LogP contribution in [0.15, 0.2) is 108 Å². The van der Waals surface area contributed by atoms with E-state index in [-0.39, 0.29) is 29.7 Å². The summed E-state index contributed by atoms with van der Waals surface area (Å²) in [7, 11) is -4.17. The summed E-state index contributed by atoms with van der Waals surface area (Å²) in [5.41, 5.74) is 3.92. The van der Waals surface area contributed by atoms with Gasteiger partial charge in [-0.25, -0.2) is 8.42 Å². The van der Waals surface area contributed by atoms with Crippen LogP contribution in [-0.2, 0) is 32.6 Å². The number of amides is 2. The Labute approximate surface area is 284 Å². The quantitative estimate of drug-likeness (QED) is 0.132. The molecule has 0 spiro atoms. The fraction of sp³-hybridized carbons (Fsp3) is 0.316. The standard InChI is InChI=1S/C38H44ClN3O4S/c1-5-6-23-40-38(44)36(25-30-11-8-7-9-12-30)41(26-31-13-10-14-33(39)24-31)37(43)27-42(34-19-17-32(18-20-34)28(2)3)47(45,46)35-21-15-29(4)16-22-35/h7-22,24,28,36H,5-6,23,25-27H2,1-4H3,(H,40,44)/t36-/m1/s1. The number of anilines is 1. The number of rotatable bonds is 15. The number of unbranched alkanes of at least 4 members (excludes halogenated alkanes) is 1. The maximum absolute atomic E-state index is 14.6. The molecule has 0 heterocycles. The number of halogens is 1. The van der Waals surface area contributed by atoms with Crippen molar-refractivity contribution in [2.24, 2.45) is 0 Å². The minimum Gasteiger partial charge on any atom is -0.354 e. The Morgan fingerprint density at radius 1 is 0.851 bits per heavy atom. The van der Waals surface area contributed by atoms with Gasteiger partial charge in [-0.1, -0.05) is 111 Å². The van der Waals surface area contributed by atoms with Gasteiger partial charge in [-0.2, -0.15) is 0 Å². The third kappa shape index (κ3) is 9.69. The topological polar surface area (TPSA) is 86.8 Å². The molecule has 0 aliphatic rings. The third-order valence-corrected chi connectivity index (χ3v) is 10.1. The van der Waals surface area contributed by atoms with Gasteiger partial charge in [0.15, 0.2) is 0 Å². The lowest BCUT2D eigenvalue weighted by Gasteiger charge is -2.34. The van der Waals surface area contributed by atoms with Crippen molar-refractivity contribution in [2.75, 3.05) is 17.4 Å². The van der Waals surface area contributed by atoms with Crippen LogP contribution >= 0.6 is 11.6 Å². The molecule has 0 aromatic heterocycles. The zero-order chi connectivity index (χ0) is 34.0. The van der Waals surface area contributed by atoms with Gasteiger partial charge in [0.2, 0.25) is 11.8 Å². The Morgan fingerprint density at radius 3 is 2.13 bits per heavy atom. The highest BCUT2D eigenvalue weighted by atomic mass is 35.5. The van der Waals surface area contributed by atoms with Crippen LogP contribution in [0, 0.1) is 6.92 Å². The van der Waals surface area contributed by atoms with Crippen LogP contribution in [0.25, 0.3) is 0 Å². The van der Waals surface area contributed by atoms with Crippen LogP contribution in [-0.4, -0.2) is 44.3 Å². The first-order valence-corrected chi connectivity index (χ1v) is 17.9. The van der Waals surface area contributed by atoms with Gasteiger partial charge in [-0.15, -0.1) is 0 Å². The Balaban J connectivity index is 1.80. The van der Waals surface area contributed by atoms with Crippen molar-refractivity contribution in [2.45, 2.75) is 70.4 Å². The molecule has 9 heteroatoms. The first-order chi connectivity index (χ1) is 22.5. The van der Waals surface area contributed by atoms with Gasteiger partial charge in [-0.05, 0) is 72.4 Å². The van der Waals surface area contributed by atoms with Crippen LogP contribution in [0.2, 0.25) is 5.02 Å². The van der Waals surface area contributed by atoms with Gasteiger partial charge in [0, 0.05) is 24.5 Å². The summed E-state index contributed by atoms with van der Waals surface area (Å²) in [4.78, 5) is 30.0. The molecule has 2 amide bonds. The predicted molar refractivity (Wildman–Crippen MR) is 190 cm³/mol. The second kappa shape index (κ2) is 16.6. The Hall–Kier alpha value is -4.14. The van der Waals surface area contributed by atoms with Crippen molar-refractivity contribution >= 4 is 39.1 Å². The minimum atomic E-state index is -4.17. The molecule has 0 fully saturated rings. The number of nitrogens with zero attached hydrogens (tertiary/aromatic N) is 2. The Morgan fingerprint density at radius 2 is 1.51 bits per heavy atom. The first-order valence-electron chi connectivity index (χ1n) is 16.0. The number of hydrogen-bond donors (Lipinski definition) is 1. The fourth-order valence-corrected chi connectivity index (χ4v) is 6.91. The Kier molecular flexibility index (Phi) is 12.6. The molecule has 0 aliphatic carbocycles. The molecule has 0 unspecified atom stereocenters. The number of carbonyl (C=O) groups is 2. The molecule has 0 aliphatic heterocycles. The van der Waals surface area contributed by atoms with E-state index in [0.29, 0.717) is 17.3 Å². The molecule has 1 N–H and O–H groups in total. The van der Waals surface area contributed by atoms with E-state index in [1.807, 2.05) is 62.4 Å². The van der Waals surface area contributed by atoms with Gasteiger partial charge >= 0.3 is 0 Å². The largest absolute Gasteiger partial charge is 0.354 e. The highest BCUT2D eigenvalue weighted by Crippen LogP contribution is 2.27. The highest BCUT2D eigenvalue weighted by Gasteiger charge is 2.34. The first kappa shape index (κ1) is 35.7. The van der Waals surface area contributed by atoms with Crippen molar-refractivity contribution in [1.82, 2.24) is 10.2 Å². The average molecular weight is 674 g/mol. The molecule has 4 aromatic carbocycles. The molecule has 248 valence electrons. The maximum Gasteiger partial charge on any atom is 0.264 e. The zero-order valence-electron chi connectivity index (χ0n) is 27.5. The molecule has 4 aromatic rings. The molecular formula is C38H44ClN3O4S. The van der Waals surface area contributed by atoms with Gasteiger partial charge in [0.05, 0.1) is 10.6 Å². The van der Waals surface area contributed by atoms with Gasteiger partial charge < -0.3 is 10.2 Å². The van der Waals surface area contributed by atoms with E-state index in [2.05, 4.69) is 19.2 Å². The van der Waals surface area contributed by atoms with Crippen molar-refractivity contribution in [1.29, 1.82) is 0 Å². The Bertz CT molecular complexity index is 1730. The molecule has 7 nitrogen and oxygen atoms in total. The molecule has 0 bridgehead atoms. The molecule has 1 atom stereocenters. The van der Waals surface area contributed by atoms with Crippen LogP contribution in [0.3, 0.4) is 0 Å². The molecular weight excluding hydrogens is 630 g/mol. The van der Waals surface area contributed by atoms with Crippen LogP contribution in [0.1, 0.15) is 61.8 Å². The van der Waals surface area contributed by atoms with E-state index >= 15 is 0 Å². The summed E-state index contributed by atoms with van der Waals surface area (Å²) in [5.74, 6) is -0.571. The molecule has 4 rings (SSSR count). The average Bonchev–Trinajstić information content (AvgIpc) is 3.06. The number of hydrogen-bond acceptors (Lipinski definition) is 4. The number of aryl methyl sites for hydroxylation is 1. The number of sulfonamides is 1. The van der Waals surface area contributed by atoms with E-state index in [9.17, 15) is 18.0 Å². The zero-order valence-corrected chi connectivity index (χ0v) is 29.1. The second-order valence-electron chi connectivity index (χ2n) is 12.1. The highest BCUT2D eigenvalue weighted by molar-refractivity contribution is 7.92. The lowest BCUT2D eigenvalue weighted by molar-refractivity contribution is -0.140. The van der Waals surface area contributed by atoms with Crippen molar-refractivity contribution in [3.63, 3.8) is 0 Å². The normalized spacial score (nSPS) is 12.0. The van der Waals surface area contributed by atoms with Crippen LogP contribution < -0.4 is 9.62 Å². The second-order valence-corrected chi connectivity index (χ2v) is 14.4. The van der Waals surface area contributed by atoms with Gasteiger partial charge in [0.25, 0.3) is 10.0 Å². The molecule has 0 radical (unpaired) electrons. The SMILES string of the molecule is CCCCNC(=O)[C@@H](Cc1ccccc1)N(Cc1cccc(Cl)c1)C(=O)CN(c1ccc(C(C)C)cc1)S(=O)(=O)c1ccc(C)cc1. The van der Waals surface area contributed by atoms with E-state index < -0.39 is 28.5 Å². The summed E-state index contributed by atoms with van der Waals surface area (Å²) in [6.45, 7) is 8.06. The number of nitrogens with one attached hydrogen (secondary N) is 1. The summed E-state index contributed by atoms with van der Waals surface area (Å²) >= 11 is 6.33. The fourth-order valence-electron chi connectivity index (χ4n) is 5.28. The smallest absolute Gasteiger partial charge is 0.264 e. The van der Waals surface area contributed by atoms with Crippen LogP contribution in [0.5, 0.6) is 0 Å². The molecule has 0 saturated heterocycles. The minimum absolute atomic E-state index is 0.0583. The van der Waals surface area contributed by atoms with Crippen molar-refractivity contribution < 1.29 is 18.0 Å². The van der Waals surface area contributed by atoms with Gasteiger partial charge in [-0.3, -0.25) is 13.9 Å². The van der Waals surface area contributed by atoms with Crippen molar-refractivity contribution in [3.8, 4) is 0 Å². The summed E-state index contributed by atoms with van der Waals surface area (Å²) in [5, 5.41) is 3.50. The number of benzene rings is 4. The lowest BCUT2D eigenvalue weighted by atomic mass is 10.0. The van der Waals surface area contributed by atoms with E-state index in [0.717, 1.165) is 39.4 Å². The monoisotopic (exact) mass is 673 g/mol. The number of carbonyl (C=O) groups excluding carboxylic acids is 2. The molecule has 0 saturated carbocycles. The summed E-state index contributed by atoms with van der Waals surface area (Å²) in [6, 6.07) is 29.5. The third-order valence-electron chi connectivity index (χ3n) is 8.08. The lowest BCUT2D eigenvalue weighted by Crippen LogP contribution is -2.53. The van der Waals surface area contributed by atoms with E-state index in [1.165, 1.54) is 4.90 Å². The van der Waals surface area contributed by atoms with E-state index in [4.69, 9.17) is 11.6 Å². The van der Waals surface area contributed by atoms with E-state index in [1.54, 1.807) is 54.6 Å². The predicted octanol–water partition coefficient (Wildman–Crippen LogP) is 7.52. The van der Waals surface area contributed by atoms with Crippen molar-refractivity contribution in [3.05, 3.63) is 130 Å².